The van der Waals surface area contributed by atoms with Gasteiger partial charge in [0.15, 0.2) is 0 Å². The second-order valence-corrected chi connectivity index (χ2v) is 4.73. The molecule has 0 heterocycles. The van der Waals surface area contributed by atoms with E-state index in [-0.39, 0.29) is 5.92 Å². The minimum Gasteiger partial charge on any atom is -0.388 e. The van der Waals surface area contributed by atoms with Crippen LogP contribution in [0.15, 0.2) is 22.7 Å². The lowest BCUT2D eigenvalue weighted by molar-refractivity contribution is 0.109. The molecule has 3 heteroatoms. The molecule has 0 saturated heterocycles. The second kappa shape index (κ2) is 5.64. The lowest BCUT2D eigenvalue weighted by Crippen LogP contribution is -2.21. The van der Waals surface area contributed by atoms with Crippen molar-refractivity contribution >= 4 is 15.9 Å². The van der Waals surface area contributed by atoms with Crippen LogP contribution in [0.3, 0.4) is 0 Å². The molecule has 84 valence electrons. The van der Waals surface area contributed by atoms with E-state index in [0.717, 1.165) is 22.0 Å². The third-order valence-corrected chi connectivity index (χ3v) is 3.47. The maximum absolute atomic E-state index is 10.2. The molecule has 0 bridgehead atoms. The Balaban J connectivity index is 2.98. The summed E-state index contributed by atoms with van der Waals surface area (Å²) < 4.78 is 0.951. The van der Waals surface area contributed by atoms with Crippen LogP contribution in [0.1, 0.15) is 30.6 Å². The van der Waals surface area contributed by atoms with Gasteiger partial charge in [0.25, 0.3) is 0 Å². The van der Waals surface area contributed by atoms with Crippen LogP contribution in [0.25, 0.3) is 0 Å². The molecular formula is C12H18BrNO. The van der Waals surface area contributed by atoms with Crippen LogP contribution in [0.5, 0.6) is 0 Å². The average Bonchev–Trinajstić information content (AvgIpc) is 2.23. The van der Waals surface area contributed by atoms with Crippen molar-refractivity contribution in [3.05, 3.63) is 33.8 Å². The van der Waals surface area contributed by atoms with Crippen LogP contribution >= 0.6 is 15.9 Å². The smallest absolute Gasteiger partial charge is 0.0841 e. The summed E-state index contributed by atoms with van der Waals surface area (Å²) in [5.74, 6) is 0.128. The number of hydrogen-bond donors (Lipinski definition) is 2. The van der Waals surface area contributed by atoms with Gasteiger partial charge in [-0.25, -0.2) is 0 Å². The summed E-state index contributed by atoms with van der Waals surface area (Å²) in [5, 5.41) is 10.2. The maximum Gasteiger partial charge on any atom is 0.0841 e. The van der Waals surface area contributed by atoms with Gasteiger partial charge in [-0.1, -0.05) is 40.5 Å². The summed E-state index contributed by atoms with van der Waals surface area (Å²) >= 11 is 3.46. The first kappa shape index (κ1) is 12.7. The summed E-state index contributed by atoms with van der Waals surface area (Å²) in [6.07, 6.45) is 0.409. The Hall–Kier alpha value is -0.380. The molecule has 0 fully saturated rings. The second-order valence-electron chi connectivity index (χ2n) is 3.87. The normalized spacial score (nSPS) is 15.0. The molecule has 2 unspecified atom stereocenters. The van der Waals surface area contributed by atoms with Crippen LogP contribution in [0.2, 0.25) is 0 Å². The predicted molar refractivity (Wildman–Crippen MR) is 66.7 cm³/mol. The van der Waals surface area contributed by atoms with Crippen LogP contribution in [-0.2, 0) is 0 Å². The number of aliphatic hydroxyl groups is 1. The molecule has 0 aromatic heterocycles. The number of hydrogen-bond acceptors (Lipinski definition) is 2. The van der Waals surface area contributed by atoms with E-state index >= 15 is 0 Å². The van der Waals surface area contributed by atoms with E-state index < -0.39 is 6.10 Å². The van der Waals surface area contributed by atoms with Gasteiger partial charge in [-0.2, -0.15) is 0 Å². The van der Waals surface area contributed by atoms with E-state index in [2.05, 4.69) is 15.9 Å². The van der Waals surface area contributed by atoms with Crippen LogP contribution < -0.4 is 5.73 Å². The zero-order chi connectivity index (χ0) is 11.4. The Labute approximate surface area is 99.6 Å². The predicted octanol–water partition coefficient (Wildman–Crippen LogP) is 2.78. The van der Waals surface area contributed by atoms with Crippen molar-refractivity contribution in [1.29, 1.82) is 0 Å². The number of aryl methyl sites for hydroxylation is 1. The number of nitrogens with two attached hydrogens (primary N) is 1. The Morgan fingerprint density at radius 3 is 2.67 bits per heavy atom. The first-order valence-electron chi connectivity index (χ1n) is 5.24. The highest BCUT2D eigenvalue weighted by Gasteiger charge is 2.19. The van der Waals surface area contributed by atoms with Crippen LogP contribution in [0, 0.1) is 12.8 Å². The summed E-state index contributed by atoms with van der Waals surface area (Å²) in [5.41, 5.74) is 7.72. The fourth-order valence-corrected chi connectivity index (χ4v) is 2.14. The topological polar surface area (TPSA) is 46.2 Å². The van der Waals surface area contributed by atoms with Crippen LogP contribution in [0.4, 0.5) is 0 Å². The van der Waals surface area contributed by atoms with Gasteiger partial charge < -0.3 is 10.8 Å². The average molecular weight is 272 g/mol. The van der Waals surface area contributed by atoms with Crippen molar-refractivity contribution in [2.45, 2.75) is 26.4 Å². The van der Waals surface area contributed by atoms with Gasteiger partial charge in [-0.15, -0.1) is 0 Å². The van der Waals surface area contributed by atoms with Gasteiger partial charge in [0.1, 0.15) is 0 Å². The monoisotopic (exact) mass is 271 g/mol. The van der Waals surface area contributed by atoms with E-state index in [4.69, 9.17) is 5.73 Å². The van der Waals surface area contributed by atoms with E-state index in [0.29, 0.717) is 6.54 Å². The minimum atomic E-state index is -0.478. The van der Waals surface area contributed by atoms with E-state index in [1.807, 2.05) is 32.0 Å². The summed E-state index contributed by atoms with van der Waals surface area (Å²) in [6, 6.07) is 5.99. The first-order valence-corrected chi connectivity index (χ1v) is 6.03. The highest BCUT2D eigenvalue weighted by atomic mass is 79.9. The van der Waals surface area contributed by atoms with Gasteiger partial charge in [-0.05, 0) is 31.5 Å². The first-order chi connectivity index (χ1) is 7.10. The maximum atomic E-state index is 10.2. The molecule has 2 nitrogen and oxygen atoms in total. The zero-order valence-corrected chi connectivity index (χ0v) is 10.8. The van der Waals surface area contributed by atoms with Gasteiger partial charge in [0, 0.05) is 10.4 Å². The molecular weight excluding hydrogens is 254 g/mol. The summed E-state index contributed by atoms with van der Waals surface area (Å²) in [6.45, 7) is 4.58. The SMILES string of the molecule is CCC(CN)C(O)c1cc(C)ccc1Br. The van der Waals surface area contributed by atoms with Crippen molar-refractivity contribution in [3.63, 3.8) is 0 Å². The molecule has 0 aliphatic rings. The molecule has 1 aromatic rings. The lowest BCUT2D eigenvalue weighted by Gasteiger charge is -2.21. The van der Waals surface area contributed by atoms with Gasteiger partial charge >= 0.3 is 0 Å². The number of rotatable bonds is 4. The van der Waals surface area contributed by atoms with Crippen molar-refractivity contribution in [3.8, 4) is 0 Å². The highest BCUT2D eigenvalue weighted by molar-refractivity contribution is 9.10. The molecule has 0 aliphatic carbocycles. The number of aliphatic hydroxyl groups excluding tert-OH is 1. The van der Waals surface area contributed by atoms with Crippen molar-refractivity contribution in [1.82, 2.24) is 0 Å². The summed E-state index contributed by atoms with van der Waals surface area (Å²) in [7, 11) is 0. The summed E-state index contributed by atoms with van der Waals surface area (Å²) in [4.78, 5) is 0. The van der Waals surface area contributed by atoms with Gasteiger partial charge in [0.2, 0.25) is 0 Å². The number of benzene rings is 1. The third-order valence-electron chi connectivity index (χ3n) is 2.74. The molecule has 3 N–H and O–H groups in total. The van der Waals surface area contributed by atoms with Gasteiger partial charge in [0.05, 0.1) is 6.10 Å². The Bertz CT molecular complexity index is 323. The van der Waals surface area contributed by atoms with Crippen molar-refractivity contribution in [2.75, 3.05) is 6.54 Å². The quantitative estimate of drug-likeness (QED) is 0.885. The fourth-order valence-electron chi connectivity index (χ4n) is 1.66. The van der Waals surface area contributed by atoms with Crippen molar-refractivity contribution < 1.29 is 5.11 Å². The fraction of sp³-hybridized carbons (Fsp3) is 0.500. The van der Waals surface area contributed by atoms with E-state index in [1.165, 1.54) is 0 Å². The van der Waals surface area contributed by atoms with E-state index in [9.17, 15) is 5.11 Å². The molecule has 1 rings (SSSR count). The third kappa shape index (κ3) is 3.03. The Kier molecular flexibility index (Phi) is 4.77. The zero-order valence-electron chi connectivity index (χ0n) is 9.20. The molecule has 0 amide bonds. The van der Waals surface area contributed by atoms with Gasteiger partial charge in [-0.3, -0.25) is 0 Å². The standard InChI is InChI=1S/C12H18BrNO/c1-3-9(7-14)12(15)10-6-8(2)4-5-11(10)13/h4-6,9,12,15H,3,7,14H2,1-2H3. The van der Waals surface area contributed by atoms with Crippen LogP contribution in [-0.4, -0.2) is 11.7 Å². The highest BCUT2D eigenvalue weighted by Crippen LogP contribution is 2.30. The lowest BCUT2D eigenvalue weighted by atomic mass is 9.93. The van der Waals surface area contributed by atoms with Crippen molar-refractivity contribution in [2.24, 2.45) is 11.7 Å². The molecule has 0 radical (unpaired) electrons. The molecule has 1 aromatic carbocycles. The number of halogens is 1. The molecule has 0 spiro atoms. The molecule has 0 aliphatic heterocycles. The van der Waals surface area contributed by atoms with E-state index in [1.54, 1.807) is 0 Å². The Morgan fingerprint density at radius 1 is 1.47 bits per heavy atom. The Morgan fingerprint density at radius 2 is 2.13 bits per heavy atom. The molecule has 0 saturated carbocycles. The minimum absolute atomic E-state index is 0.128. The molecule has 15 heavy (non-hydrogen) atoms. The molecule has 2 atom stereocenters. The largest absolute Gasteiger partial charge is 0.388 e.